The molecular weight excluding hydrogens is 522 g/mol. The van der Waals surface area contributed by atoms with E-state index in [1.54, 1.807) is 31.4 Å². The van der Waals surface area contributed by atoms with E-state index in [0.717, 1.165) is 6.07 Å². The summed E-state index contributed by atoms with van der Waals surface area (Å²) >= 11 is 12.2. The standard InChI is InChI=1S/C27H27Cl2FN2O5/c1-6-32-15(3)22(18-11-17(8-10-21(18)30)27(36)37-14(2)13-31(4)5)25(33)23(26(34)35)24(32)16-7-9-19(28)20(29)12-16/h7-12,14H,6,13H2,1-5H3,(H,34,35). The van der Waals surface area contributed by atoms with Gasteiger partial charge in [0.15, 0.2) is 0 Å². The Morgan fingerprint density at radius 1 is 1.14 bits per heavy atom. The van der Waals surface area contributed by atoms with E-state index in [9.17, 15) is 19.5 Å². The third-order valence-electron chi connectivity index (χ3n) is 5.85. The zero-order chi connectivity index (χ0) is 27.6. The zero-order valence-electron chi connectivity index (χ0n) is 21.1. The van der Waals surface area contributed by atoms with Crippen LogP contribution >= 0.6 is 23.2 Å². The molecule has 0 aliphatic rings. The van der Waals surface area contributed by atoms with E-state index in [4.69, 9.17) is 27.9 Å². The van der Waals surface area contributed by atoms with Crippen molar-refractivity contribution >= 4 is 35.1 Å². The summed E-state index contributed by atoms with van der Waals surface area (Å²) in [5.41, 5.74) is -0.937. The molecule has 3 rings (SSSR count). The molecule has 0 aliphatic heterocycles. The fourth-order valence-electron chi connectivity index (χ4n) is 4.34. The van der Waals surface area contributed by atoms with Crippen LogP contribution in [0.2, 0.25) is 10.0 Å². The number of rotatable bonds is 8. The summed E-state index contributed by atoms with van der Waals surface area (Å²) in [4.78, 5) is 40.6. The summed E-state index contributed by atoms with van der Waals surface area (Å²) in [6.07, 6.45) is -0.431. The van der Waals surface area contributed by atoms with E-state index < -0.39 is 34.9 Å². The van der Waals surface area contributed by atoms with Crippen LogP contribution in [0.1, 0.15) is 40.3 Å². The van der Waals surface area contributed by atoms with Gasteiger partial charge in [-0.1, -0.05) is 29.3 Å². The minimum Gasteiger partial charge on any atom is -0.477 e. The molecule has 7 nitrogen and oxygen atoms in total. The Bertz CT molecular complexity index is 1440. The normalized spacial score (nSPS) is 12.0. The van der Waals surface area contributed by atoms with E-state index in [0.29, 0.717) is 17.8 Å². The van der Waals surface area contributed by atoms with Crippen molar-refractivity contribution in [2.75, 3.05) is 20.6 Å². The highest BCUT2D eigenvalue weighted by Crippen LogP contribution is 2.34. The number of benzene rings is 2. The Balaban J connectivity index is 2.26. The van der Waals surface area contributed by atoms with Gasteiger partial charge in [-0.25, -0.2) is 14.0 Å². The first-order valence-electron chi connectivity index (χ1n) is 11.5. The van der Waals surface area contributed by atoms with Gasteiger partial charge in [0.2, 0.25) is 5.43 Å². The number of nitrogens with zero attached hydrogens (tertiary/aromatic N) is 2. The Labute approximate surface area is 224 Å². The summed E-state index contributed by atoms with van der Waals surface area (Å²) in [5, 5.41) is 10.5. The second-order valence-corrected chi connectivity index (χ2v) is 9.68. The van der Waals surface area contributed by atoms with Gasteiger partial charge in [0.25, 0.3) is 0 Å². The van der Waals surface area contributed by atoms with Crippen LogP contribution < -0.4 is 5.43 Å². The minimum absolute atomic E-state index is 0.0364. The number of aromatic carboxylic acids is 1. The number of likely N-dealkylation sites (N-methyl/N-ethyl adjacent to an activating group) is 1. The second-order valence-electron chi connectivity index (χ2n) is 8.86. The van der Waals surface area contributed by atoms with Crippen molar-refractivity contribution in [1.29, 1.82) is 0 Å². The highest BCUT2D eigenvalue weighted by Gasteiger charge is 2.27. The van der Waals surface area contributed by atoms with Gasteiger partial charge >= 0.3 is 11.9 Å². The molecule has 10 heteroatoms. The highest BCUT2D eigenvalue weighted by molar-refractivity contribution is 6.42. The topological polar surface area (TPSA) is 88.8 Å². The van der Waals surface area contributed by atoms with Crippen LogP contribution in [-0.2, 0) is 11.3 Å². The first-order chi connectivity index (χ1) is 17.4. The van der Waals surface area contributed by atoms with E-state index in [1.165, 1.54) is 24.3 Å². The highest BCUT2D eigenvalue weighted by atomic mass is 35.5. The van der Waals surface area contributed by atoms with Gasteiger partial charge in [-0.2, -0.15) is 0 Å². The maximum absolute atomic E-state index is 15.1. The molecule has 37 heavy (non-hydrogen) atoms. The molecule has 1 N–H and O–H groups in total. The third-order valence-corrected chi connectivity index (χ3v) is 6.59. The predicted molar refractivity (Wildman–Crippen MR) is 142 cm³/mol. The number of ether oxygens (including phenoxy) is 1. The van der Waals surface area contributed by atoms with Crippen molar-refractivity contribution < 1.29 is 23.8 Å². The van der Waals surface area contributed by atoms with Crippen molar-refractivity contribution in [2.24, 2.45) is 0 Å². The number of aromatic nitrogens is 1. The number of halogens is 3. The monoisotopic (exact) mass is 548 g/mol. The lowest BCUT2D eigenvalue weighted by molar-refractivity contribution is 0.0289. The molecule has 0 amide bonds. The molecule has 2 aromatic carbocycles. The van der Waals surface area contributed by atoms with Crippen LogP contribution in [0.3, 0.4) is 0 Å². The van der Waals surface area contributed by atoms with Crippen LogP contribution in [0.25, 0.3) is 22.4 Å². The lowest BCUT2D eigenvalue weighted by atomic mass is 9.95. The van der Waals surface area contributed by atoms with Gasteiger partial charge < -0.3 is 19.3 Å². The van der Waals surface area contributed by atoms with Crippen LogP contribution in [0.4, 0.5) is 4.39 Å². The van der Waals surface area contributed by atoms with E-state index >= 15 is 4.39 Å². The Morgan fingerprint density at radius 3 is 2.38 bits per heavy atom. The van der Waals surface area contributed by atoms with Gasteiger partial charge in [0.05, 0.1) is 26.9 Å². The van der Waals surface area contributed by atoms with Crippen LogP contribution in [0.15, 0.2) is 41.2 Å². The van der Waals surface area contributed by atoms with Gasteiger partial charge in [-0.15, -0.1) is 0 Å². The summed E-state index contributed by atoms with van der Waals surface area (Å²) in [6, 6.07) is 8.08. The molecule has 196 valence electrons. The molecule has 0 radical (unpaired) electrons. The third kappa shape index (κ3) is 5.87. The van der Waals surface area contributed by atoms with Gasteiger partial charge in [0.1, 0.15) is 17.5 Å². The SMILES string of the molecule is CCn1c(C)c(-c2cc(C(=O)OC(C)CN(C)C)ccc2F)c(=O)c(C(=O)O)c1-c1ccc(Cl)c(Cl)c1. The maximum atomic E-state index is 15.1. The lowest BCUT2D eigenvalue weighted by Gasteiger charge is -2.22. The maximum Gasteiger partial charge on any atom is 0.341 e. The van der Waals surface area contributed by atoms with Gasteiger partial charge in [-0.05, 0) is 65.2 Å². The van der Waals surface area contributed by atoms with Gasteiger partial charge in [-0.3, -0.25) is 4.79 Å². The fraction of sp³-hybridized carbons (Fsp3) is 0.296. The summed E-state index contributed by atoms with van der Waals surface area (Å²) in [5.74, 6) is -2.95. The number of hydrogen-bond donors (Lipinski definition) is 1. The van der Waals surface area contributed by atoms with Crippen molar-refractivity contribution in [1.82, 2.24) is 9.47 Å². The Kier molecular flexibility index (Phi) is 8.79. The summed E-state index contributed by atoms with van der Waals surface area (Å²) in [6.45, 7) is 5.84. The van der Waals surface area contributed by atoms with E-state index in [2.05, 4.69) is 0 Å². The molecule has 0 fully saturated rings. The summed E-state index contributed by atoms with van der Waals surface area (Å²) in [7, 11) is 3.67. The number of carboxylic acid groups (broad SMARTS) is 1. The molecule has 0 bridgehead atoms. The van der Waals surface area contributed by atoms with Crippen LogP contribution in [-0.4, -0.2) is 53.3 Å². The Hall–Kier alpha value is -3.20. The molecule has 0 spiro atoms. The van der Waals surface area contributed by atoms with Gasteiger partial charge in [0, 0.05) is 29.9 Å². The van der Waals surface area contributed by atoms with Crippen molar-refractivity contribution in [2.45, 2.75) is 33.4 Å². The number of carboxylic acids is 1. The van der Waals surface area contributed by atoms with Crippen LogP contribution in [0.5, 0.6) is 0 Å². The van der Waals surface area contributed by atoms with Crippen LogP contribution in [0, 0.1) is 12.7 Å². The molecule has 0 aliphatic carbocycles. The number of pyridine rings is 1. The minimum atomic E-state index is -1.48. The Morgan fingerprint density at radius 2 is 1.81 bits per heavy atom. The number of carbonyl (C=O) groups excluding carboxylic acids is 1. The first-order valence-corrected chi connectivity index (χ1v) is 12.2. The quantitative estimate of drug-likeness (QED) is 0.360. The molecular formula is C27H27Cl2FN2O5. The molecule has 0 saturated heterocycles. The average molecular weight is 549 g/mol. The van der Waals surface area contributed by atoms with E-state index in [-0.39, 0.29) is 39.0 Å². The molecule has 1 heterocycles. The van der Waals surface area contributed by atoms with Crippen molar-refractivity contribution in [3.8, 4) is 22.4 Å². The molecule has 1 aromatic heterocycles. The van der Waals surface area contributed by atoms with E-state index in [1.807, 2.05) is 19.0 Å². The summed E-state index contributed by atoms with van der Waals surface area (Å²) < 4.78 is 22.2. The number of carbonyl (C=O) groups is 2. The average Bonchev–Trinajstić information content (AvgIpc) is 2.80. The largest absolute Gasteiger partial charge is 0.477 e. The second kappa shape index (κ2) is 11.5. The molecule has 3 aromatic rings. The van der Waals surface area contributed by atoms with Crippen molar-refractivity contribution in [3.63, 3.8) is 0 Å². The number of hydrogen-bond acceptors (Lipinski definition) is 5. The van der Waals surface area contributed by atoms with Crippen molar-refractivity contribution in [3.05, 3.63) is 79.3 Å². The predicted octanol–water partition coefficient (Wildman–Crippen LogP) is 5.76. The first kappa shape index (κ1) is 28.4. The molecule has 0 saturated carbocycles. The smallest absolute Gasteiger partial charge is 0.341 e. The zero-order valence-corrected chi connectivity index (χ0v) is 22.6. The molecule has 1 unspecified atom stereocenters. The number of esters is 1. The lowest BCUT2D eigenvalue weighted by Crippen LogP contribution is -2.28. The fourth-order valence-corrected chi connectivity index (χ4v) is 4.63. The molecule has 1 atom stereocenters.